The van der Waals surface area contributed by atoms with Crippen molar-refractivity contribution in [2.24, 2.45) is 0 Å². The van der Waals surface area contributed by atoms with Crippen molar-refractivity contribution in [2.45, 2.75) is 39.0 Å². The number of hydrogen-bond acceptors (Lipinski definition) is 4. The molecule has 0 spiro atoms. The van der Waals surface area contributed by atoms with Crippen LogP contribution in [0.5, 0.6) is 0 Å². The summed E-state index contributed by atoms with van der Waals surface area (Å²) in [6, 6.07) is 0. The summed E-state index contributed by atoms with van der Waals surface area (Å²) in [6.07, 6.45) is 2.46. The third-order valence-electron chi connectivity index (χ3n) is 3.77. The highest BCUT2D eigenvalue weighted by Crippen LogP contribution is 2.42. The Hall–Kier alpha value is -2.05. The van der Waals surface area contributed by atoms with Crippen molar-refractivity contribution in [1.82, 2.24) is 20.4 Å². The van der Waals surface area contributed by atoms with Crippen LogP contribution in [0.1, 0.15) is 55.2 Å². The average molecular weight is 293 g/mol. The van der Waals surface area contributed by atoms with Gasteiger partial charge in [-0.2, -0.15) is 5.10 Å². The number of nitrogen functional groups attached to an aromatic ring is 1. The Balaban J connectivity index is 1.83. The second-order valence-corrected chi connectivity index (χ2v) is 5.25. The van der Waals surface area contributed by atoms with Gasteiger partial charge in [-0.3, -0.25) is 14.7 Å². The van der Waals surface area contributed by atoms with Crippen molar-refractivity contribution in [3.05, 3.63) is 11.4 Å². The smallest absolute Gasteiger partial charge is 0.273 e. The third-order valence-corrected chi connectivity index (χ3v) is 3.77. The molecule has 0 radical (unpaired) electrons. The number of nitrogens with zero attached hydrogens (tertiary/aromatic N) is 2. The molecule has 1 fully saturated rings. The van der Waals surface area contributed by atoms with E-state index in [0.29, 0.717) is 31.2 Å². The monoisotopic (exact) mass is 293 g/mol. The van der Waals surface area contributed by atoms with Gasteiger partial charge in [-0.05, 0) is 26.7 Å². The molecular formula is C14H23N5O2. The molecule has 4 N–H and O–H groups in total. The summed E-state index contributed by atoms with van der Waals surface area (Å²) in [5, 5.41) is 9.52. The number of hydrogen-bond donors (Lipinski definition) is 3. The molecule has 21 heavy (non-hydrogen) atoms. The predicted molar refractivity (Wildman–Crippen MR) is 79.9 cm³/mol. The van der Waals surface area contributed by atoms with Gasteiger partial charge in [0.2, 0.25) is 5.91 Å². The minimum Gasteiger partial charge on any atom is -0.395 e. The molecule has 2 amide bonds. The molecule has 0 atom stereocenters. The van der Waals surface area contributed by atoms with Crippen molar-refractivity contribution >= 4 is 17.5 Å². The van der Waals surface area contributed by atoms with Crippen LogP contribution in [0.3, 0.4) is 0 Å². The molecule has 1 aromatic rings. The van der Waals surface area contributed by atoms with E-state index in [-0.39, 0.29) is 23.9 Å². The van der Waals surface area contributed by atoms with E-state index in [1.807, 2.05) is 13.8 Å². The largest absolute Gasteiger partial charge is 0.395 e. The summed E-state index contributed by atoms with van der Waals surface area (Å²) in [4.78, 5) is 25.6. The number of H-pyrrole nitrogens is 1. The molecule has 1 aromatic heterocycles. The van der Waals surface area contributed by atoms with Crippen LogP contribution >= 0.6 is 0 Å². The topological polar surface area (TPSA) is 104 Å². The molecular weight excluding hydrogens is 270 g/mol. The lowest BCUT2D eigenvalue weighted by Crippen LogP contribution is -2.34. The van der Waals surface area contributed by atoms with Crippen LogP contribution in [-0.2, 0) is 4.79 Å². The number of carbonyl (C=O) groups is 2. The summed E-state index contributed by atoms with van der Waals surface area (Å²) in [6.45, 7) is 5.52. The Morgan fingerprint density at radius 1 is 1.38 bits per heavy atom. The zero-order valence-corrected chi connectivity index (χ0v) is 12.6. The number of aromatic amines is 1. The summed E-state index contributed by atoms with van der Waals surface area (Å²) < 4.78 is 0. The van der Waals surface area contributed by atoms with Gasteiger partial charge in [0.05, 0.1) is 11.4 Å². The van der Waals surface area contributed by atoms with Gasteiger partial charge in [0, 0.05) is 32.0 Å². The fourth-order valence-electron chi connectivity index (χ4n) is 2.32. The van der Waals surface area contributed by atoms with E-state index in [4.69, 9.17) is 5.73 Å². The van der Waals surface area contributed by atoms with Gasteiger partial charge in [0.15, 0.2) is 5.69 Å². The van der Waals surface area contributed by atoms with E-state index >= 15 is 0 Å². The normalized spacial score (nSPS) is 14.0. The third kappa shape index (κ3) is 3.53. The van der Waals surface area contributed by atoms with Crippen molar-refractivity contribution in [3.8, 4) is 0 Å². The fourth-order valence-corrected chi connectivity index (χ4v) is 2.32. The SMILES string of the molecule is CCN(CC)C(=O)CCNC(=O)c1n[nH]c(C2CC2)c1N. The first kappa shape index (κ1) is 15.3. The first-order valence-corrected chi connectivity index (χ1v) is 7.48. The van der Waals surface area contributed by atoms with Gasteiger partial charge in [0.1, 0.15) is 0 Å². The first-order chi connectivity index (χ1) is 10.1. The molecule has 1 saturated carbocycles. The molecule has 1 aliphatic carbocycles. The Bertz CT molecular complexity index is 517. The predicted octanol–water partition coefficient (Wildman–Crippen LogP) is 0.858. The Labute approximate surface area is 124 Å². The highest BCUT2D eigenvalue weighted by atomic mass is 16.2. The van der Waals surface area contributed by atoms with E-state index < -0.39 is 0 Å². The molecule has 0 aliphatic heterocycles. The molecule has 116 valence electrons. The molecule has 7 nitrogen and oxygen atoms in total. The minimum atomic E-state index is -0.331. The summed E-state index contributed by atoms with van der Waals surface area (Å²) in [7, 11) is 0. The summed E-state index contributed by atoms with van der Waals surface area (Å²) in [5.41, 5.74) is 7.46. The van der Waals surface area contributed by atoms with Crippen molar-refractivity contribution in [1.29, 1.82) is 0 Å². The standard InChI is InChI=1S/C14H23N5O2/c1-3-19(4-2)10(20)7-8-16-14(21)13-11(15)12(17-18-13)9-5-6-9/h9H,3-8,15H2,1-2H3,(H,16,21)(H,17,18). The van der Waals surface area contributed by atoms with Gasteiger partial charge < -0.3 is 16.0 Å². The zero-order chi connectivity index (χ0) is 15.4. The van der Waals surface area contributed by atoms with E-state index in [1.54, 1.807) is 4.90 Å². The van der Waals surface area contributed by atoms with E-state index in [2.05, 4.69) is 15.5 Å². The number of aromatic nitrogens is 2. The maximum atomic E-state index is 12.0. The molecule has 2 rings (SSSR count). The summed E-state index contributed by atoms with van der Waals surface area (Å²) >= 11 is 0. The minimum absolute atomic E-state index is 0.0361. The van der Waals surface area contributed by atoms with E-state index in [1.165, 1.54) is 0 Å². The highest BCUT2D eigenvalue weighted by molar-refractivity contribution is 5.97. The Morgan fingerprint density at radius 3 is 2.62 bits per heavy atom. The van der Waals surface area contributed by atoms with Crippen molar-refractivity contribution < 1.29 is 9.59 Å². The molecule has 1 heterocycles. The fraction of sp³-hybridized carbons (Fsp3) is 0.643. The maximum Gasteiger partial charge on any atom is 0.273 e. The lowest BCUT2D eigenvalue weighted by molar-refractivity contribution is -0.130. The van der Waals surface area contributed by atoms with Crippen LogP contribution in [0.2, 0.25) is 0 Å². The molecule has 0 bridgehead atoms. The molecule has 7 heteroatoms. The maximum absolute atomic E-state index is 12.0. The van der Waals surface area contributed by atoms with Gasteiger partial charge in [-0.1, -0.05) is 0 Å². The average Bonchev–Trinajstić information content (AvgIpc) is 3.23. The number of nitrogens with two attached hydrogens (primary N) is 1. The van der Waals surface area contributed by atoms with E-state index in [0.717, 1.165) is 18.5 Å². The quantitative estimate of drug-likeness (QED) is 0.693. The van der Waals surface area contributed by atoms with Gasteiger partial charge in [0.25, 0.3) is 5.91 Å². The summed E-state index contributed by atoms with van der Waals surface area (Å²) in [5.74, 6) is 0.125. The number of anilines is 1. The Morgan fingerprint density at radius 2 is 2.05 bits per heavy atom. The van der Waals surface area contributed by atoms with Gasteiger partial charge in [-0.25, -0.2) is 0 Å². The second kappa shape index (κ2) is 6.60. The Kier molecular flexibility index (Phi) is 4.82. The second-order valence-electron chi connectivity index (χ2n) is 5.25. The zero-order valence-electron chi connectivity index (χ0n) is 12.6. The van der Waals surface area contributed by atoms with E-state index in [9.17, 15) is 9.59 Å². The number of nitrogens with one attached hydrogen (secondary N) is 2. The van der Waals surface area contributed by atoms with Crippen LogP contribution in [-0.4, -0.2) is 46.5 Å². The van der Waals surface area contributed by atoms with Gasteiger partial charge in [-0.15, -0.1) is 0 Å². The van der Waals surface area contributed by atoms with Crippen LogP contribution in [0, 0.1) is 0 Å². The lowest BCUT2D eigenvalue weighted by atomic mass is 10.2. The van der Waals surface area contributed by atoms with Crippen LogP contribution in [0.25, 0.3) is 0 Å². The van der Waals surface area contributed by atoms with Crippen LogP contribution in [0.4, 0.5) is 5.69 Å². The first-order valence-electron chi connectivity index (χ1n) is 7.48. The van der Waals surface area contributed by atoms with Crippen molar-refractivity contribution in [3.63, 3.8) is 0 Å². The van der Waals surface area contributed by atoms with Crippen LogP contribution in [0.15, 0.2) is 0 Å². The van der Waals surface area contributed by atoms with Crippen LogP contribution < -0.4 is 11.1 Å². The lowest BCUT2D eigenvalue weighted by Gasteiger charge is -2.18. The molecule has 0 unspecified atom stereocenters. The molecule has 1 aliphatic rings. The van der Waals surface area contributed by atoms with Crippen molar-refractivity contribution in [2.75, 3.05) is 25.4 Å². The molecule has 0 aromatic carbocycles. The number of carbonyl (C=O) groups excluding carboxylic acids is 2. The molecule has 0 saturated heterocycles. The highest BCUT2D eigenvalue weighted by Gasteiger charge is 2.30. The number of rotatable bonds is 7. The number of amides is 2. The van der Waals surface area contributed by atoms with Gasteiger partial charge >= 0.3 is 0 Å².